The number of anilines is 1. The summed E-state index contributed by atoms with van der Waals surface area (Å²) in [6.07, 6.45) is 1.54. The van der Waals surface area contributed by atoms with Crippen LogP contribution < -0.4 is 14.8 Å². The lowest BCUT2D eigenvalue weighted by Crippen LogP contribution is -2.24. The second-order valence-electron chi connectivity index (χ2n) is 6.14. The molecule has 0 saturated carbocycles. The van der Waals surface area contributed by atoms with E-state index in [2.05, 4.69) is 36.5 Å². The van der Waals surface area contributed by atoms with Crippen LogP contribution in [0.3, 0.4) is 0 Å². The summed E-state index contributed by atoms with van der Waals surface area (Å²) in [7, 11) is 0. The minimum absolute atomic E-state index is 0.0368. The molecular weight excluding hydrogens is 302 g/mol. The van der Waals surface area contributed by atoms with Crippen molar-refractivity contribution in [1.82, 2.24) is 0 Å². The Labute approximate surface area is 142 Å². The number of hydrogen-bond acceptors (Lipinski definition) is 3. The molecule has 1 atom stereocenters. The van der Waals surface area contributed by atoms with Gasteiger partial charge in [-0.2, -0.15) is 0 Å². The zero-order valence-corrected chi connectivity index (χ0v) is 14.2. The van der Waals surface area contributed by atoms with Gasteiger partial charge in [-0.15, -0.1) is 0 Å². The van der Waals surface area contributed by atoms with Crippen molar-refractivity contribution in [2.75, 3.05) is 18.5 Å². The molecule has 0 fully saturated rings. The molecule has 0 aromatic heterocycles. The molecule has 2 aromatic rings. The molecule has 24 heavy (non-hydrogen) atoms. The van der Waals surface area contributed by atoms with Gasteiger partial charge in [0, 0.05) is 17.7 Å². The van der Waals surface area contributed by atoms with Crippen LogP contribution in [0.5, 0.6) is 11.5 Å². The predicted octanol–water partition coefficient (Wildman–Crippen LogP) is 3.97. The summed E-state index contributed by atoms with van der Waals surface area (Å²) in [5.41, 5.74) is 3.16. The number of aryl methyl sites for hydroxylation is 1. The number of carbonyl (C=O) groups excluding carboxylic acids is 1. The van der Waals surface area contributed by atoms with Crippen molar-refractivity contribution < 1.29 is 14.3 Å². The fourth-order valence-corrected chi connectivity index (χ4v) is 2.80. The van der Waals surface area contributed by atoms with Crippen molar-refractivity contribution in [1.29, 1.82) is 0 Å². The van der Waals surface area contributed by atoms with Gasteiger partial charge in [-0.1, -0.05) is 36.8 Å². The van der Waals surface area contributed by atoms with Crippen molar-refractivity contribution in [3.63, 3.8) is 0 Å². The maximum atomic E-state index is 12.6. The lowest BCUT2D eigenvalue weighted by molar-refractivity contribution is -0.119. The molecule has 3 rings (SSSR count). The van der Waals surface area contributed by atoms with Crippen molar-refractivity contribution in [3.05, 3.63) is 53.6 Å². The van der Waals surface area contributed by atoms with Gasteiger partial charge < -0.3 is 14.8 Å². The number of fused-ring (bicyclic) bond motifs is 1. The van der Waals surface area contributed by atoms with E-state index in [1.807, 2.05) is 25.1 Å². The molecule has 126 valence electrons. The van der Waals surface area contributed by atoms with Crippen molar-refractivity contribution >= 4 is 11.6 Å². The van der Waals surface area contributed by atoms with Crippen molar-refractivity contribution in [3.8, 4) is 11.5 Å². The highest BCUT2D eigenvalue weighted by atomic mass is 16.6. The van der Waals surface area contributed by atoms with Crippen LogP contribution in [0.4, 0.5) is 5.69 Å². The average molecular weight is 325 g/mol. The van der Waals surface area contributed by atoms with Crippen LogP contribution >= 0.6 is 0 Å². The van der Waals surface area contributed by atoms with Crippen LogP contribution in [0, 0.1) is 12.8 Å². The maximum Gasteiger partial charge on any atom is 0.227 e. The molecule has 1 amide bonds. The maximum absolute atomic E-state index is 12.6. The van der Waals surface area contributed by atoms with E-state index in [1.165, 1.54) is 11.1 Å². The van der Waals surface area contributed by atoms with Gasteiger partial charge in [0.1, 0.15) is 13.2 Å². The van der Waals surface area contributed by atoms with Gasteiger partial charge in [0.05, 0.1) is 0 Å². The van der Waals surface area contributed by atoms with Gasteiger partial charge in [0.15, 0.2) is 11.5 Å². The fraction of sp³-hybridized carbons (Fsp3) is 0.350. The first-order valence-electron chi connectivity index (χ1n) is 8.41. The Bertz CT molecular complexity index is 709. The minimum atomic E-state index is -0.0547. The highest BCUT2D eigenvalue weighted by Gasteiger charge is 2.18. The van der Waals surface area contributed by atoms with E-state index in [4.69, 9.17) is 9.47 Å². The number of ether oxygens (including phenoxy) is 2. The fourth-order valence-electron chi connectivity index (χ4n) is 2.80. The largest absolute Gasteiger partial charge is 0.486 e. The first-order valence-corrected chi connectivity index (χ1v) is 8.41. The number of nitrogens with one attached hydrogen (secondary N) is 1. The van der Waals surface area contributed by atoms with Gasteiger partial charge in [-0.25, -0.2) is 0 Å². The van der Waals surface area contributed by atoms with Crippen LogP contribution in [-0.2, 0) is 11.2 Å². The Hall–Kier alpha value is -2.49. The zero-order valence-electron chi connectivity index (χ0n) is 14.2. The van der Waals surface area contributed by atoms with Crippen LogP contribution in [-0.4, -0.2) is 19.1 Å². The van der Waals surface area contributed by atoms with E-state index in [-0.39, 0.29) is 11.8 Å². The Kier molecular flexibility index (Phi) is 5.04. The third-order valence-corrected chi connectivity index (χ3v) is 4.28. The van der Waals surface area contributed by atoms with E-state index in [0.717, 1.165) is 24.3 Å². The third-order valence-electron chi connectivity index (χ3n) is 4.28. The molecule has 0 aliphatic carbocycles. The van der Waals surface area contributed by atoms with Gasteiger partial charge in [-0.3, -0.25) is 4.79 Å². The summed E-state index contributed by atoms with van der Waals surface area (Å²) in [6, 6.07) is 13.9. The summed E-state index contributed by atoms with van der Waals surface area (Å²) in [5, 5.41) is 3.00. The van der Waals surface area contributed by atoms with Crippen LogP contribution in [0.25, 0.3) is 0 Å². The number of rotatable bonds is 5. The van der Waals surface area contributed by atoms with Gasteiger partial charge in [0.2, 0.25) is 5.91 Å². The first kappa shape index (κ1) is 16.4. The SMILES string of the molecule is CCC(Cc1ccc(C)cc1)C(=O)Nc1ccc2c(c1)OCCO2. The molecule has 1 aliphatic rings. The van der Waals surface area contributed by atoms with E-state index >= 15 is 0 Å². The topological polar surface area (TPSA) is 47.6 Å². The molecule has 1 unspecified atom stereocenters. The average Bonchev–Trinajstić information content (AvgIpc) is 2.61. The summed E-state index contributed by atoms with van der Waals surface area (Å²) >= 11 is 0. The lowest BCUT2D eigenvalue weighted by atomic mass is 9.95. The van der Waals surface area contributed by atoms with Crippen molar-refractivity contribution in [2.24, 2.45) is 5.92 Å². The minimum Gasteiger partial charge on any atom is -0.486 e. The Morgan fingerprint density at radius 3 is 2.50 bits per heavy atom. The molecule has 2 aromatic carbocycles. The molecule has 1 heterocycles. The molecular formula is C20H23NO3. The monoisotopic (exact) mass is 325 g/mol. The number of benzene rings is 2. The van der Waals surface area contributed by atoms with E-state index in [1.54, 1.807) is 0 Å². The molecule has 0 bridgehead atoms. The highest BCUT2D eigenvalue weighted by Crippen LogP contribution is 2.32. The van der Waals surface area contributed by atoms with Gasteiger partial charge in [0.25, 0.3) is 0 Å². The molecule has 1 aliphatic heterocycles. The zero-order chi connectivity index (χ0) is 16.9. The quantitative estimate of drug-likeness (QED) is 0.905. The predicted molar refractivity (Wildman–Crippen MR) is 94.7 cm³/mol. The number of amides is 1. The normalized spacial score (nSPS) is 14.1. The molecule has 4 nitrogen and oxygen atoms in total. The van der Waals surface area contributed by atoms with Crippen LogP contribution in [0.1, 0.15) is 24.5 Å². The Balaban J connectivity index is 1.67. The summed E-state index contributed by atoms with van der Waals surface area (Å²) in [4.78, 5) is 12.6. The number of hydrogen-bond donors (Lipinski definition) is 1. The smallest absolute Gasteiger partial charge is 0.227 e. The summed E-state index contributed by atoms with van der Waals surface area (Å²) < 4.78 is 11.1. The van der Waals surface area contributed by atoms with Crippen LogP contribution in [0.15, 0.2) is 42.5 Å². The third kappa shape index (κ3) is 3.88. The molecule has 0 saturated heterocycles. The Morgan fingerprint density at radius 1 is 1.08 bits per heavy atom. The summed E-state index contributed by atoms with van der Waals surface area (Å²) in [5.74, 6) is 1.40. The van der Waals surface area contributed by atoms with Gasteiger partial charge >= 0.3 is 0 Å². The molecule has 0 spiro atoms. The second-order valence-corrected chi connectivity index (χ2v) is 6.14. The van der Waals surface area contributed by atoms with E-state index in [9.17, 15) is 4.79 Å². The summed E-state index contributed by atoms with van der Waals surface area (Å²) in [6.45, 7) is 5.21. The van der Waals surface area contributed by atoms with E-state index < -0.39 is 0 Å². The molecule has 1 N–H and O–H groups in total. The molecule has 0 radical (unpaired) electrons. The standard InChI is InChI=1S/C20H23NO3/c1-3-16(12-15-6-4-14(2)5-7-15)20(22)21-17-8-9-18-19(13-17)24-11-10-23-18/h4-9,13,16H,3,10-12H2,1-2H3,(H,21,22). The second kappa shape index (κ2) is 7.39. The van der Waals surface area contributed by atoms with Crippen molar-refractivity contribution in [2.45, 2.75) is 26.7 Å². The van der Waals surface area contributed by atoms with Crippen LogP contribution in [0.2, 0.25) is 0 Å². The van der Waals surface area contributed by atoms with E-state index in [0.29, 0.717) is 19.0 Å². The molecule has 4 heteroatoms. The number of carbonyl (C=O) groups is 1. The lowest BCUT2D eigenvalue weighted by Gasteiger charge is -2.20. The highest BCUT2D eigenvalue weighted by molar-refractivity contribution is 5.93. The van der Waals surface area contributed by atoms with Gasteiger partial charge in [-0.05, 0) is 37.5 Å². The first-order chi connectivity index (χ1) is 11.7. The Morgan fingerprint density at radius 2 is 1.79 bits per heavy atom.